The predicted molar refractivity (Wildman–Crippen MR) is 75.0 cm³/mol. The number of nitrogens with two attached hydrogens (primary N) is 1. The first-order valence-electron chi connectivity index (χ1n) is 5.98. The van der Waals surface area contributed by atoms with Crippen LogP contribution < -0.4 is 16.6 Å². The Morgan fingerprint density at radius 3 is 2.62 bits per heavy atom. The van der Waals surface area contributed by atoms with Crippen molar-refractivity contribution >= 4 is 23.6 Å². The number of hydrogen-bond donors (Lipinski definition) is 3. The van der Waals surface area contributed by atoms with Gasteiger partial charge in [0.05, 0.1) is 12.3 Å². The summed E-state index contributed by atoms with van der Waals surface area (Å²) in [5.74, 6) is -0.453. The van der Waals surface area contributed by atoms with Crippen molar-refractivity contribution in [3.05, 3.63) is 41.8 Å². The molecule has 8 nitrogen and oxygen atoms in total. The molecule has 1 heterocycles. The summed E-state index contributed by atoms with van der Waals surface area (Å²) in [7, 11) is 0. The van der Waals surface area contributed by atoms with Crippen molar-refractivity contribution in [2.75, 3.05) is 5.75 Å². The Bertz CT molecular complexity index is 616. The monoisotopic (exact) mass is 307 g/mol. The van der Waals surface area contributed by atoms with E-state index in [1.807, 2.05) is 0 Å². The Labute approximate surface area is 124 Å². The maximum atomic E-state index is 11.7. The van der Waals surface area contributed by atoms with Crippen LogP contribution in [-0.2, 0) is 11.3 Å². The minimum atomic E-state index is -0.392. The molecule has 0 fully saturated rings. The number of hydrazine groups is 1. The van der Waals surface area contributed by atoms with Crippen LogP contribution in [0.3, 0.4) is 0 Å². The number of hydrogen-bond acceptors (Lipinski definition) is 7. The molecule has 21 heavy (non-hydrogen) atoms. The minimum Gasteiger partial charge on any atom is -0.415 e. The summed E-state index contributed by atoms with van der Waals surface area (Å²) >= 11 is 1.05. The van der Waals surface area contributed by atoms with Crippen molar-refractivity contribution < 1.29 is 14.0 Å². The van der Waals surface area contributed by atoms with Crippen molar-refractivity contribution in [1.29, 1.82) is 0 Å². The van der Waals surface area contributed by atoms with Crippen LogP contribution in [0.25, 0.3) is 0 Å². The van der Waals surface area contributed by atoms with E-state index in [0.29, 0.717) is 11.5 Å². The Kier molecular flexibility index (Phi) is 5.29. The van der Waals surface area contributed by atoms with Crippen molar-refractivity contribution in [3.63, 3.8) is 0 Å². The summed E-state index contributed by atoms with van der Waals surface area (Å²) in [4.78, 5) is 23.2. The van der Waals surface area contributed by atoms with Gasteiger partial charge in [-0.15, -0.1) is 10.2 Å². The molecule has 0 saturated carbocycles. The van der Waals surface area contributed by atoms with Crippen LogP contribution in [0.15, 0.2) is 40.0 Å². The van der Waals surface area contributed by atoms with Gasteiger partial charge in [0.1, 0.15) is 0 Å². The first-order valence-corrected chi connectivity index (χ1v) is 6.97. The highest BCUT2D eigenvalue weighted by Gasteiger charge is 2.10. The van der Waals surface area contributed by atoms with E-state index in [2.05, 4.69) is 21.0 Å². The lowest BCUT2D eigenvalue weighted by Gasteiger charge is -2.06. The fourth-order valence-electron chi connectivity index (χ4n) is 1.33. The number of carbonyl (C=O) groups excluding carboxylic acids is 2. The zero-order valence-electron chi connectivity index (χ0n) is 10.9. The third-order valence-electron chi connectivity index (χ3n) is 2.30. The third-order valence-corrected chi connectivity index (χ3v) is 3.12. The number of rotatable bonds is 5. The van der Waals surface area contributed by atoms with E-state index in [0.717, 1.165) is 11.8 Å². The van der Waals surface area contributed by atoms with Gasteiger partial charge in [0.2, 0.25) is 11.8 Å². The third kappa shape index (κ3) is 4.58. The second-order valence-electron chi connectivity index (χ2n) is 3.82. The van der Waals surface area contributed by atoms with Gasteiger partial charge in [-0.3, -0.25) is 20.4 Å². The molecule has 0 aliphatic carbocycles. The van der Waals surface area contributed by atoms with Crippen LogP contribution in [-0.4, -0.2) is 27.8 Å². The quantitative estimate of drug-likeness (QED) is 0.528. The minimum absolute atomic E-state index is 0.0290. The molecule has 110 valence electrons. The van der Waals surface area contributed by atoms with E-state index in [1.165, 1.54) is 0 Å². The highest BCUT2D eigenvalue weighted by molar-refractivity contribution is 7.99. The van der Waals surface area contributed by atoms with Gasteiger partial charge in [0.15, 0.2) is 0 Å². The van der Waals surface area contributed by atoms with Crippen LogP contribution in [0.5, 0.6) is 0 Å². The standard InChI is InChI=1S/C12H13N5O3S/c13-6-10-15-17-12(20-10)21-7-9(18)14-16-11(19)8-4-2-1-3-5-8/h1-5H,6-7,13H2,(H,14,18)(H,16,19). The summed E-state index contributed by atoms with van der Waals surface area (Å²) in [6, 6.07) is 8.55. The number of thioether (sulfide) groups is 1. The van der Waals surface area contributed by atoms with Gasteiger partial charge in [-0.05, 0) is 12.1 Å². The maximum absolute atomic E-state index is 11.7. The molecule has 0 aliphatic rings. The molecule has 0 unspecified atom stereocenters. The molecule has 2 rings (SSSR count). The van der Waals surface area contributed by atoms with Gasteiger partial charge in [0.25, 0.3) is 11.1 Å². The van der Waals surface area contributed by atoms with Gasteiger partial charge >= 0.3 is 0 Å². The number of nitrogens with zero attached hydrogens (tertiary/aromatic N) is 2. The molecule has 2 amide bonds. The molecule has 2 aromatic rings. The number of amides is 2. The zero-order chi connectivity index (χ0) is 15.1. The molecular formula is C12H13N5O3S. The zero-order valence-corrected chi connectivity index (χ0v) is 11.7. The lowest BCUT2D eigenvalue weighted by molar-refractivity contribution is -0.119. The Morgan fingerprint density at radius 2 is 1.95 bits per heavy atom. The topological polar surface area (TPSA) is 123 Å². The first-order chi connectivity index (χ1) is 10.2. The highest BCUT2D eigenvalue weighted by atomic mass is 32.2. The lowest BCUT2D eigenvalue weighted by atomic mass is 10.2. The fourth-order valence-corrected chi connectivity index (χ4v) is 1.91. The van der Waals surface area contributed by atoms with Crippen molar-refractivity contribution in [3.8, 4) is 0 Å². The van der Waals surface area contributed by atoms with E-state index in [-0.39, 0.29) is 17.5 Å². The molecule has 0 bridgehead atoms. The predicted octanol–water partition coefficient (Wildman–Crippen LogP) is 0.0816. The molecule has 1 aromatic heterocycles. The number of nitrogens with one attached hydrogen (secondary N) is 2. The Morgan fingerprint density at radius 1 is 1.19 bits per heavy atom. The molecule has 0 atom stereocenters. The van der Waals surface area contributed by atoms with Crippen LogP contribution in [0, 0.1) is 0 Å². The van der Waals surface area contributed by atoms with Crippen molar-refractivity contribution in [1.82, 2.24) is 21.0 Å². The van der Waals surface area contributed by atoms with Crippen molar-refractivity contribution in [2.24, 2.45) is 5.73 Å². The molecule has 4 N–H and O–H groups in total. The summed E-state index contributed by atoms with van der Waals surface area (Å²) in [5.41, 5.74) is 10.4. The van der Waals surface area contributed by atoms with Crippen LogP contribution in [0.2, 0.25) is 0 Å². The second-order valence-corrected chi connectivity index (χ2v) is 4.75. The fraction of sp³-hybridized carbons (Fsp3) is 0.167. The van der Waals surface area contributed by atoms with Gasteiger partial charge in [-0.2, -0.15) is 0 Å². The number of carbonyl (C=O) groups is 2. The maximum Gasteiger partial charge on any atom is 0.277 e. The molecule has 0 saturated heterocycles. The smallest absolute Gasteiger partial charge is 0.277 e. The van der Waals surface area contributed by atoms with E-state index in [9.17, 15) is 9.59 Å². The molecule has 0 spiro atoms. The lowest BCUT2D eigenvalue weighted by Crippen LogP contribution is -2.42. The molecule has 9 heteroatoms. The number of aromatic nitrogens is 2. The van der Waals surface area contributed by atoms with E-state index >= 15 is 0 Å². The van der Waals surface area contributed by atoms with E-state index in [4.69, 9.17) is 10.2 Å². The molecule has 0 radical (unpaired) electrons. The summed E-state index contributed by atoms with van der Waals surface area (Å²) < 4.78 is 5.13. The average molecular weight is 307 g/mol. The van der Waals surface area contributed by atoms with Crippen LogP contribution in [0.1, 0.15) is 16.2 Å². The second kappa shape index (κ2) is 7.41. The van der Waals surface area contributed by atoms with E-state index in [1.54, 1.807) is 30.3 Å². The Balaban J connectivity index is 1.73. The normalized spacial score (nSPS) is 10.1. The molecular weight excluding hydrogens is 294 g/mol. The molecule has 1 aromatic carbocycles. The van der Waals surface area contributed by atoms with Gasteiger partial charge in [-0.1, -0.05) is 30.0 Å². The average Bonchev–Trinajstić information content (AvgIpc) is 2.99. The van der Waals surface area contributed by atoms with Gasteiger partial charge in [0, 0.05) is 5.56 Å². The highest BCUT2D eigenvalue weighted by Crippen LogP contribution is 2.14. The Hall–Kier alpha value is -2.39. The SMILES string of the molecule is NCc1nnc(SCC(=O)NNC(=O)c2ccccc2)o1. The first kappa shape index (κ1) is 15.0. The molecule has 0 aliphatic heterocycles. The van der Waals surface area contributed by atoms with Gasteiger partial charge < -0.3 is 10.2 Å². The van der Waals surface area contributed by atoms with Crippen LogP contribution in [0.4, 0.5) is 0 Å². The van der Waals surface area contributed by atoms with E-state index < -0.39 is 11.8 Å². The summed E-state index contributed by atoms with van der Waals surface area (Å²) in [6.45, 7) is 0.146. The van der Waals surface area contributed by atoms with Crippen LogP contribution >= 0.6 is 11.8 Å². The summed E-state index contributed by atoms with van der Waals surface area (Å²) in [6.07, 6.45) is 0. The van der Waals surface area contributed by atoms with Crippen molar-refractivity contribution in [2.45, 2.75) is 11.8 Å². The summed E-state index contributed by atoms with van der Waals surface area (Å²) in [5, 5.41) is 7.61. The largest absolute Gasteiger partial charge is 0.415 e. The number of benzene rings is 1. The van der Waals surface area contributed by atoms with Gasteiger partial charge in [-0.25, -0.2) is 0 Å².